The van der Waals surface area contributed by atoms with Crippen LogP contribution in [0.2, 0.25) is 0 Å². The standard InChI is InChI=1S/C14H25N3S/c1-4-15-14(12-5-8-18-11-12)9-13-10-16(2)6-7-17(13)3/h5,8,11,13-15H,4,6-7,9-10H2,1-3H3. The summed E-state index contributed by atoms with van der Waals surface area (Å²) in [5.74, 6) is 0. The van der Waals surface area contributed by atoms with Crippen LogP contribution in [0.15, 0.2) is 16.8 Å². The van der Waals surface area contributed by atoms with Gasteiger partial charge in [-0.25, -0.2) is 0 Å². The van der Waals surface area contributed by atoms with Crippen LogP contribution in [0.25, 0.3) is 0 Å². The van der Waals surface area contributed by atoms with Crippen molar-refractivity contribution in [2.45, 2.75) is 25.4 Å². The molecule has 1 N–H and O–H groups in total. The molecular formula is C14H25N3S. The first-order chi connectivity index (χ1) is 8.70. The molecule has 0 radical (unpaired) electrons. The quantitative estimate of drug-likeness (QED) is 0.881. The van der Waals surface area contributed by atoms with Crippen molar-refractivity contribution in [3.05, 3.63) is 22.4 Å². The Bertz CT molecular complexity index is 339. The van der Waals surface area contributed by atoms with E-state index in [0.717, 1.165) is 6.54 Å². The molecule has 0 spiro atoms. The highest BCUT2D eigenvalue weighted by atomic mass is 32.1. The van der Waals surface area contributed by atoms with E-state index < -0.39 is 0 Å². The lowest BCUT2D eigenvalue weighted by Gasteiger charge is -2.39. The molecule has 1 saturated heterocycles. The number of thiophene rings is 1. The van der Waals surface area contributed by atoms with Gasteiger partial charge in [-0.15, -0.1) is 0 Å². The zero-order valence-electron chi connectivity index (χ0n) is 11.7. The highest BCUT2D eigenvalue weighted by Gasteiger charge is 2.25. The predicted molar refractivity (Wildman–Crippen MR) is 79.3 cm³/mol. The summed E-state index contributed by atoms with van der Waals surface area (Å²) in [5, 5.41) is 8.08. The molecule has 0 amide bonds. The normalized spacial score (nSPS) is 24.3. The number of nitrogens with zero attached hydrogens (tertiary/aromatic N) is 2. The predicted octanol–water partition coefficient (Wildman–Crippen LogP) is 2.03. The first-order valence-electron chi connectivity index (χ1n) is 6.85. The lowest BCUT2D eigenvalue weighted by Crippen LogP contribution is -2.51. The molecule has 0 aromatic carbocycles. The summed E-state index contributed by atoms with van der Waals surface area (Å²) in [6.45, 7) is 6.78. The Morgan fingerprint density at radius 3 is 2.94 bits per heavy atom. The van der Waals surface area contributed by atoms with Crippen molar-refractivity contribution >= 4 is 11.3 Å². The summed E-state index contributed by atoms with van der Waals surface area (Å²) in [7, 11) is 4.49. The van der Waals surface area contributed by atoms with Crippen LogP contribution >= 0.6 is 11.3 Å². The Hall–Kier alpha value is -0.420. The third kappa shape index (κ3) is 3.54. The van der Waals surface area contributed by atoms with E-state index in [1.165, 1.54) is 31.6 Å². The molecule has 102 valence electrons. The van der Waals surface area contributed by atoms with E-state index in [-0.39, 0.29) is 0 Å². The van der Waals surface area contributed by atoms with E-state index in [4.69, 9.17) is 0 Å². The van der Waals surface area contributed by atoms with Gasteiger partial charge in [-0.05, 0) is 49.5 Å². The Morgan fingerprint density at radius 2 is 2.28 bits per heavy atom. The molecule has 1 aliphatic rings. The molecule has 2 rings (SSSR count). The van der Waals surface area contributed by atoms with E-state index in [1.54, 1.807) is 11.3 Å². The van der Waals surface area contributed by atoms with Crippen LogP contribution < -0.4 is 5.32 Å². The molecule has 2 heterocycles. The van der Waals surface area contributed by atoms with Crippen molar-refractivity contribution in [1.82, 2.24) is 15.1 Å². The van der Waals surface area contributed by atoms with Gasteiger partial charge in [0.1, 0.15) is 0 Å². The minimum Gasteiger partial charge on any atom is -0.310 e. The van der Waals surface area contributed by atoms with E-state index in [0.29, 0.717) is 12.1 Å². The lowest BCUT2D eigenvalue weighted by atomic mass is 9.99. The maximum atomic E-state index is 3.63. The fourth-order valence-electron chi connectivity index (χ4n) is 2.68. The largest absolute Gasteiger partial charge is 0.310 e. The number of hydrogen-bond acceptors (Lipinski definition) is 4. The SMILES string of the molecule is CCNC(CC1CN(C)CCN1C)c1ccsc1. The van der Waals surface area contributed by atoms with Crippen molar-refractivity contribution in [3.63, 3.8) is 0 Å². The Morgan fingerprint density at radius 1 is 1.44 bits per heavy atom. The fraction of sp³-hybridized carbons (Fsp3) is 0.714. The minimum absolute atomic E-state index is 0.500. The maximum absolute atomic E-state index is 3.63. The summed E-state index contributed by atoms with van der Waals surface area (Å²) < 4.78 is 0. The van der Waals surface area contributed by atoms with Crippen molar-refractivity contribution < 1.29 is 0 Å². The smallest absolute Gasteiger partial charge is 0.0343 e. The number of nitrogens with one attached hydrogen (secondary N) is 1. The van der Waals surface area contributed by atoms with Gasteiger partial charge in [0, 0.05) is 31.7 Å². The van der Waals surface area contributed by atoms with Gasteiger partial charge in [0.15, 0.2) is 0 Å². The molecule has 1 aromatic rings. The van der Waals surface area contributed by atoms with E-state index in [2.05, 4.69) is 53.0 Å². The van der Waals surface area contributed by atoms with Gasteiger partial charge in [0.2, 0.25) is 0 Å². The average molecular weight is 267 g/mol. The van der Waals surface area contributed by atoms with Gasteiger partial charge in [0.05, 0.1) is 0 Å². The first-order valence-corrected chi connectivity index (χ1v) is 7.79. The summed E-state index contributed by atoms with van der Waals surface area (Å²) >= 11 is 1.79. The molecule has 4 heteroatoms. The molecule has 18 heavy (non-hydrogen) atoms. The minimum atomic E-state index is 0.500. The van der Waals surface area contributed by atoms with E-state index in [9.17, 15) is 0 Å². The van der Waals surface area contributed by atoms with Gasteiger partial charge in [-0.3, -0.25) is 0 Å². The second-order valence-electron chi connectivity index (χ2n) is 5.30. The highest BCUT2D eigenvalue weighted by Crippen LogP contribution is 2.24. The number of hydrogen-bond donors (Lipinski definition) is 1. The molecule has 0 aliphatic carbocycles. The zero-order valence-corrected chi connectivity index (χ0v) is 12.5. The van der Waals surface area contributed by atoms with Crippen molar-refractivity contribution in [2.24, 2.45) is 0 Å². The van der Waals surface area contributed by atoms with Crippen LogP contribution in [0, 0.1) is 0 Å². The second-order valence-corrected chi connectivity index (χ2v) is 6.08. The second kappa shape index (κ2) is 6.66. The first kappa shape index (κ1) is 14.0. The topological polar surface area (TPSA) is 18.5 Å². The Balaban J connectivity index is 1.99. The van der Waals surface area contributed by atoms with E-state index >= 15 is 0 Å². The van der Waals surface area contributed by atoms with Gasteiger partial charge in [-0.2, -0.15) is 11.3 Å². The van der Waals surface area contributed by atoms with Crippen LogP contribution in [-0.4, -0.2) is 56.1 Å². The molecule has 2 unspecified atom stereocenters. The van der Waals surface area contributed by atoms with Crippen LogP contribution in [0.1, 0.15) is 24.9 Å². The molecule has 1 fully saturated rings. The molecule has 1 aromatic heterocycles. The summed E-state index contributed by atoms with van der Waals surface area (Å²) in [4.78, 5) is 4.96. The molecule has 1 aliphatic heterocycles. The van der Waals surface area contributed by atoms with Crippen molar-refractivity contribution in [3.8, 4) is 0 Å². The van der Waals surface area contributed by atoms with Crippen LogP contribution in [0.3, 0.4) is 0 Å². The Kier molecular flexibility index (Phi) is 5.18. The third-order valence-electron chi connectivity index (χ3n) is 3.88. The van der Waals surface area contributed by atoms with Gasteiger partial charge >= 0.3 is 0 Å². The summed E-state index contributed by atoms with van der Waals surface area (Å²) in [5.41, 5.74) is 1.45. The highest BCUT2D eigenvalue weighted by molar-refractivity contribution is 7.07. The molecule has 2 atom stereocenters. The summed E-state index contributed by atoms with van der Waals surface area (Å²) in [6, 6.07) is 3.41. The molecule has 0 saturated carbocycles. The molecule has 3 nitrogen and oxygen atoms in total. The lowest BCUT2D eigenvalue weighted by molar-refractivity contribution is 0.101. The zero-order chi connectivity index (χ0) is 13.0. The molecule has 0 bridgehead atoms. The number of likely N-dealkylation sites (N-methyl/N-ethyl adjacent to an activating group) is 2. The number of piperazine rings is 1. The number of rotatable bonds is 5. The van der Waals surface area contributed by atoms with Gasteiger partial charge < -0.3 is 15.1 Å². The van der Waals surface area contributed by atoms with Crippen LogP contribution in [0.4, 0.5) is 0 Å². The fourth-order valence-corrected chi connectivity index (χ4v) is 3.40. The third-order valence-corrected chi connectivity index (χ3v) is 4.59. The van der Waals surface area contributed by atoms with Crippen molar-refractivity contribution in [2.75, 3.05) is 40.3 Å². The maximum Gasteiger partial charge on any atom is 0.0343 e. The van der Waals surface area contributed by atoms with Gasteiger partial charge in [-0.1, -0.05) is 6.92 Å². The van der Waals surface area contributed by atoms with Crippen LogP contribution in [0.5, 0.6) is 0 Å². The van der Waals surface area contributed by atoms with E-state index in [1.807, 2.05) is 0 Å². The average Bonchev–Trinajstić information content (AvgIpc) is 2.87. The van der Waals surface area contributed by atoms with Gasteiger partial charge in [0.25, 0.3) is 0 Å². The van der Waals surface area contributed by atoms with Crippen molar-refractivity contribution in [1.29, 1.82) is 0 Å². The summed E-state index contributed by atoms with van der Waals surface area (Å²) in [6.07, 6.45) is 1.20. The molecular weight excluding hydrogens is 242 g/mol. The van der Waals surface area contributed by atoms with Crippen LogP contribution in [-0.2, 0) is 0 Å². The monoisotopic (exact) mass is 267 g/mol. The Labute approximate surface area is 115 Å².